The van der Waals surface area contributed by atoms with Crippen molar-refractivity contribution in [3.05, 3.63) is 29.8 Å². The van der Waals surface area contributed by atoms with Crippen LogP contribution in [0, 0.1) is 0 Å². The maximum absolute atomic E-state index is 10.8. The van der Waals surface area contributed by atoms with E-state index in [0.717, 1.165) is 6.42 Å². The van der Waals surface area contributed by atoms with Crippen LogP contribution in [0.15, 0.2) is 24.3 Å². The van der Waals surface area contributed by atoms with E-state index in [-0.39, 0.29) is 12.0 Å². The Morgan fingerprint density at radius 3 is 2.33 bits per heavy atom. The molecule has 0 aliphatic heterocycles. The van der Waals surface area contributed by atoms with Crippen molar-refractivity contribution >= 4 is 5.91 Å². The summed E-state index contributed by atoms with van der Waals surface area (Å²) in [5.41, 5.74) is 12.0. The van der Waals surface area contributed by atoms with E-state index < -0.39 is 11.9 Å². The zero-order chi connectivity index (χ0) is 13.8. The molecule has 1 aromatic rings. The normalized spacial score (nSPS) is 13.1. The molecule has 0 aliphatic rings. The van der Waals surface area contributed by atoms with Crippen LogP contribution in [0.4, 0.5) is 0 Å². The molecule has 0 radical (unpaired) electrons. The quantitative estimate of drug-likeness (QED) is 0.804. The van der Waals surface area contributed by atoms with E-state index in [4.69, 9.17) is 16.2 Å². The smallest absolute Gasteiger partial charge is 0.237 e. The zero-order valence-electron chi connectivity index (χ0n) is 11.3. The lowest BCUT2D eigenvalue weighted by atomic mass is 9.82. The van der Waals surface area contributed by atoms with Crippen molar-refractivity contribution in [2.24, 2.45) is 11.5 Å². The molecule has 0 aliphatic carbocycles. The first-order valence-electron chi connectivity index (χ1n) is 6.15. The van der Waals surface area contributed by atoms with Gasteiger partial charge in [-0.05, 0) is 29.5 Å². The minimum Gasteiger partial charge on any atom is -0.491 e. The van der Waals surface area contributed by atoms with Gasteiger partial charge in [0.1, 0.15) is 18.4 Å². The fraction of sp³-hybridized carbons (Fsp3) is 0.500. The van der Waals surface area contributed by atoms with Gasteiger partial charge in [-0.25, -0.2) is 0 Å². The van der Waals surface area contributed by atoms with Gasteiger partial charge >= 0.3 is 0 Å². The third-order valence-electron chi connectivity index (χ3n) is 3.31. The van der Waals surface area contributed by atoms with Crippen LogP contribution in [0.25, 0.3) is 0 Å². The fourth-order valence-electron chi connectivity index (χ4n) is 1.47. The Balaban J connectivity index is 2.64. The van der Waals surface area contributed by atoms with Crippen molar-refractivity contribution < 1.29 is 9.53 Å². The molecule has 1 unspecified atom stereocenters. The van der Waals surface area contributed by atoms with Crippen LogP contribution in [0.5, 0.6) is 5.75 Å². The molecule has 0 bridgehead atoms. The minimum absolute atomic E-state index is 0.103. The fourth-order valence-corrected chi connectivity index (χ4v) is 1.47. The molecule has 1 amide bonds. The highest BCUT2D eigenvalue weighted by Gasteiger charge is 2.17. The highest BCUT2D eigenvalue weighted by molar-refractivity contribution is 5.79. The average molecular weight is 250 g/mol. The predicted octanol–water partition coefficient (Wildman–Crippen LogP) is 1.57. The van der Waals surface area contributed by atoms with Gasteiger partial charge in [-0.15, -0.1) is 0 Å². The first kappa shape index (κ1) is 14.5. The predicted molar refractivity (Wildman–Crippen MR) is 72.4 cm³/mol. The summed E-state index contributed by atoms with van der Waals surface area (Å²) in [6.45, 7) is 6.67. The highest BCUT2D eigenvalue weighted by atomic mass is 16.5. The Labute approximate surface area is 108 Å². The molecule has 100 valence electrons. The van der Waals surface area contributed by atoms with Crippen molar-refractivity contribution in [3.8, 4) is 5.75 Å². The number of amides is 1. The van der Waals surface area contributed by atoms with Crippen molar-refractivity contribution in [2.75, 3.05) is 6.61 Å². The first-order valence-corrected chi connectivity index (χ1v) is 6.15. The van der Waals surface area contributed by atoms with Crippen LogP contribution < -0.4 is 16.2 Å². The summed E-state index contributed by atoms with van der Waals surface area (Å²) in [7, 11) is 0. The number of benzene rings is 1. The van der Waals surface area contributed by atoms with Crippen LogP contribution in [0.3, 0.4) is 0 Å². The Bertz CT molecular complexity index is 399. The molecule has 0 saturated carbocycles. The zero-order valence-corrected chi connectivity index (χ0v) is 11.3. The maximum atomic E-state index is 10.8. The van der Waals surface area contributed by atoms with E-state index in [2.05, 4.69) is 20.8 Å². The number of carbonyl (C=O) groups is 1. The van der Waals surface area contributed by atoms with Gasteiger partial charge in [0.2, 0.25) is 5.91 Å². The summed E-state index contributed by atoms with van der Waals surface area (Å²) in [4.78, 5) is 10.8. The van der Waals surface area contributed by atoms with Crippen LogP contribution in [-0.2, 0) is 10.2 Å². The topological polar surface area (TPSA) is 78.3 Å². The van der Waals surface area contributed by atoms with Crippen LogP contribution in [-0.4, -0.2) is 18.6 Å². The lowest BCUT2D eigenvalue weighted by Gasteiger charge is -2.23. The Morgan fingerprint density at radius 2 is 1.89 bits per heavy atom. The lowest BCUT2D eigenvalue weighted by Crippen LogP contribution is -2.41. The molecule has 1 aromatic carbocycles. The summed E-state index contributed by atoms with van der Waals surface area (Å²) in [6.07, 6.45) is 1.07. The van der Waals surface area contributed by atoms with Gasteiger partial charge in [0, 0.05) is 0 Å². The monoisotopic (exact) mass is 250 g/mol. The van der Waals surface area contributed by atoms with Crippen molar-refractivity contribution in [2.45, 2.75) is 38.6 Å². The van der Waals surface area contributed by atoms with Crippen LogP contribution in [0.1, 0.15) is 32.8 Å². The number of rotatable bonds is 6. The second kappa shape index (κ2) is 5.87. The Kier molecular flexibility index (Phi) is 4.73. The van der Waals surface area contributed by atoms with E-state index >= 15 is 0 Å². The van der Waals surface area contributed by atoms with E-state index in [1.165, 1.54) is 5.56 Å². The molecular formula is C14H22N2O2. The minimum atomic E-state index is -0.767. The Morgan fingerprint density at radius 1 is 1.33 bits per heavy atom. The van der Waals surface area contributed by atoms with Gasteiger partial charge in [-0.1, -0.05) is 32.9 Å². The standard InChI is InChI=1S/C14H22N2O2/c1-4-14(2,3)10-5-7-11(8-6-10)18-9-12(15)13(16)17/h5-8,12H,4,9,15H2,1-3H3,(H2,16,17). The van der Waals surface area contributed by atoms with E-state index in [9.17, 15) is 4.79 Å². The molecule has 18 heavy (non-hydrogen) atoms. The summed E-state index contributed by atoms with van der Waals surface area (Å²) >= 11 is 0. The Hall–Kier alpha value is -1.55. The third kappa shape index (κ3) is 3.74. The number of primary amides is 1. The number of ether oxygens (including phenoxy) is 1. The number of hydrogen-bond donors (Lipinski definition) is 2. The molecular weight excluding hydrogens is 228 g/mol. The lowest BCUT2D eigenvalue weighted by molar-refractivity contribution is -0.119. The van der Waals surface area contributed by atoms with Gasteiger partial charge in [0.25, 0.3) is 0 Å². The first-order chi connectivity index (χ1) is 8.36. The molecule has 1 atom stereocenters. The second-order valence-corrected chi connectivity index (χ2v) is 5.08. The molecule has 0 heterocycles. The highest BCUT2D eigenvalue weighted by Crippen LogP contribution is 2.27. The summed E-state index contributed by atoms with van der Waals surface area (Å²) in [6, 6.07) is 7.08. The SMILES string of the molecule is CCC(C)(C)c1ccc(OCC(N)C(N)=O)cc1. The number of nitrogens with two attached hydrogens (primary N) is 2. The third-order valence-corrected chi connectivity index (χ3v) is 3.31. The molecule has 0 aromatic heterocycles. The van der Waals surface area contributed by atoms with Gasteiger partial charge in [0.15, 0.2) is 0 Å². The molecule has 4 heteroatoms. The molecule has 4 N–H and O–H groups in total. The molecule has 1 rings (SSSR count). The van der Waals surface area contributed by atoms with Gasteiger partial charge in [-0.3, -0.25) is 4.79 Å². The molecule has 0 spiro atoms. The molecule has 4 nitrogen and oxygen atoms in total. The average Bonchev–Trinajstić information content (AvgIpc) is 2.36. The van der Waals surface area contributed by atoms with Crippen molar-refractivity contribution in [1.82, 2.24) is 0 Å². The van der Waals surface area contributed by atoms with Gasteiger partial charge in [0.05, 0.1) is 0 Å². The van der Waals surface area contributed by atoms with Crippen molar-refractivity contribution in [3.63, 3.8) is 0 Å². The van der Waals surface area contributed by atoms with Gasteiger partial charge in [-0.2, -0.15) is 0 Å². The summed E-state index contributed by atoms with van der Waals surface area (Å²) in [5, 5.41) is 0. The van der Waals surface area contributed by atoms with Crippen LogP contribution in [0.2, 0.25) is 0 Å². The van der Waals surface area contributed by atoms with Crippen molar-refractivity contribution in [1.29, 1.82) is 0 Å². The van der Waals surface area contributed by atoms with E-state index in [0.29, 0.717) is 5.75 Å². The van der Waals surface area contributed by atoms with E-state index in [1.54, 1.807) is 0 Å². The summed E-state index contributed by atoms with van der Waals surface area (Å²) in [5.74, 6) is 0.140. The molecule has 0 saturated heterocycles. The number of hydrogen-bond acceptors (Lipinski definition) is 3. The summed E-state index contributed by atoms with van der Waals surface area (Å²) < 4.78 is 5.40. The van der Waals surface area contributed by atoms with E-state index in [1.807, 2.05) is 24.3 Å². The largest absolute Gasteiger partial charge is 0.491 e. The second-order valence-electron chi connectivity index (χ2n) is 5.08. The maximum Gasteiger partial charge on any atom is 0.237 e. The molecule has 0 fully saturated rings. The van der Waals surface area contributed by atoms with Gasteiger partial charge < -0.3 is 16.2 Å². The number of carbonyl (C=O) groups excluding carboxylic acids is 1. The van der Waals surface area contributed by atoms with Crippen LogP contribution >= 0.6 is 0 Å².